The number of nitrogens with one attached hydrogen (secondary N) is 1. The van der Waals surface area contributed by atoms with Crippen LogP contribution in [-0.4, -0.2) is 25.7 Å². The van der Waals surface area contributed by atoms with Gasteiger partial charge in [-0.3, -0.25) is 4.79 Å². The highest BCUT2D eigenvalue weighted by Crippen LogP contribution is 2.09. The van der Waals surface area contributed by atoms with Crippen LogP contribution in [0, 0.1) is 0 Å². The van der Waals surface area contributed by atoms with Crippen molar-refractivity contribution in [3.63, 3.8) is 0 Å². The van der Waals surface area contributed by atoms with Gasteiger partial charge in [-0.05, 0) is 19.9 Å². The summed E-state index contributed by atoms with van der Waals surface area (Å²) in [6, 6.07) is 0. The van der Waals surface area contributed by atoms with Crippen molar-refractivity contribution in [1.82, 2.24) is 5.32 Å². The normalized spacial score (nSPS) is 10.5. The summed E-state index contributed by atoms with van der Waals surface area (Å²) >= 11 is 0. The molecule has 1 N–H and O–H groups in total. The van der Waals surface area contributed by atoms with Crippen LogP contribution in [-0.2, 0) is 9.53 Å². The van der Waals surface area contributed by atoms with Crippen molar-refractivity contribution < 1.29 is 9.53 Å². The molecule has 0 amide bonds. The molecule has 0 bridgehead atoms. The van der Waals surface area contributed by atoms with Crippen molar-refractivity contribution in [3.05, 3.63) is 0 Å². The highest BCUT2D eigenvalue weighted by Gasteiger charge is 2.11. The minimum absolute atomic E-state index is 0.121. The van der Waals surface area contributed by atoms with E-state index in [2.05, 4.69) is 19.2 Å². The highest BCUT2D eigenvalue weighted by molar-refractivity contribution is 5.71. The van der Waals surface area contributed by atoms with Gasteiger partial charge >= 0.3 is 5.97 Å². The van der Waals surface area contributed by atoms with Crippen molar-refractivity contribution >= 4 is 5.97 Å². The van der Waals surface area contributed by atoms with E-state index >= 15 is 0 Å². The van der Waals surface area contributed by atoms with Crippen LogP contribution in [0.3, 0.4) is 0 Å². The van der Waals surface area contributed by atoms with Crippen LogP contribution in [0.15, 0.2) is 0 Å². The van der Waals surface area contributed by atoms with Gasteiger partial charge in [0.25, 0.3) is 0 Å². The Kier molecular flexibility index (Phi) is 7.69. The van der Waals surface area contributed by atoms with Crippen molar-refractivity contribution in [3.8, 4) is 0 Å². The Morgan fingerprint density at radius 3 is 2.23 bits per heavy atom. The Hall–Kier alpha value is -0.570. The summed E-state index contributed by atoms with van der Waals surface area (Å²) < 4.78 is 5.27. The minimum Gasteiger partial charge on any atom is -0.461 e. The molecule has 0 aromatic rings. The fraction of sp³-hybridized carbons (Fsp3) is 0.900. The molecule has 78 valence electrons. The molecule has 0 saturated carbocycles. The largest absolute Gasteiger partial charge is 0.461 e. The Morgan fingerprint density at radius 2 is 1.85 bits per heavy atom. The number of hydrogen-bond acceptors (Lipinski definition) is 3. The Morgan fingerprint density at radius 1 is 1.31 bits per heavy atom. The Balaban J connectivity index is 3.71. The molecule has 0 rings (SSSR count). The van der Waals surface area contributed by atoms with Crippen LogP contribution in [0.2, 0.25) is 0 Å². The van der Waals surface area contributed by atoms with Gasteiger partial charge in [0.15, 0.2) is 0 Å². The average Bonchev–Trinajstić information content (AvgIpc) is 2.05. The number of rotatable bonds is 7. The zero-order valence-electron chi connectivity index (χ0n) is 8.93. The molecule has 0 atom stereocenters. The van der Waals surface area contributed by atoms with E-state index in [-0.39, 0.29) is 12.1 Å². The molecule has 3 heteroatoms. The Bertz CT molecular complexity index is 131. The zero-order valence-corrected chi connectivity index (χ0v) is 8.93. The predicted molar refractivity (Wildman–Crippen MR) is 53.6 cm³/mol. The third-order valence-electron chi connectivity index (χ3n) is 1.84. The van der Waals surface area contributed by atoms with Crippen LogP contribution in [0.1, 0.15) is 39.5 Å². The number of carbonyl (C=O) groups excluding carboxylic acids is 1. The number of likely N-dealkylation sites (N-methyl/N-ethyl adjacent to an activating group) is 1. The zero-order chi connectivity index (χ0) is 10.1. The first-order valence-corrected chi connectivity index (χ1v) is 5.08. The third kappa shape index (κ3) is 6.58. The average molecular weight is 187 g/mol. The van der Waals surface area contributed by atoms with Gasteiger partial charge in [-0.1, -0.05) is 26.7 Å². The lowest BCUT2D eigenvalue weighted by Gasteiger charge is -2.16. The monoisotopic (exact) mass is 187 g/mol. The second kappa shape index (κ2) is 8.05. The maximum absolute atomic E-state index is 11.1. The lowest BCUT2D eigenvalue weighted by atomic mass is 10.1. The third-order valence-corrected chi connectivity index (χ3v) is 1.84. The van der Waals surface area contributed by atoms with Crippen LogP contribution < -0.4 is 5.32 Å². The van der Waals surface area contributed by atoms with Gasteiger partial charge in [-0.15, -0.1) is 0 Å². The highest BCUT2D eigenvalue weighted by atomic mass is 16.5. The molecule has 0 aliphatic rings. The summed E-state index contributed by atoms with van der Waals surface area (Å²) in [5, 5.41) is 2.78. The molecule has 13 heavy (non-hydrogen) atoms. The maximum atomic E-state index is 11.1. The summed E-state index contributed by atoms with van der Waals surface area (Å²) in [5.74, 6) is -0.144. The maximum Gasteiger partial charge on any atom is 0.320 e. The molecule has 0 aliphatic heterocycles. The van der Waals surface area contributed by atoms with E-state index in [0.717, 1.165) is 25.7 Å². The molecule has 0 aromatic carbocycles. The van der Waals surface area contributed by atoms with Gasteiger partial charge in [0.1, 0.15) is 6.10 Å². The van der Waals surface area contributed by atoms with Crippen LogP contribution >= 0.6 is 0 Å². The molecule has 0 saturated heterocycles. The first-order valence-electron chi connectivity index (χ1n) is 5.08. The van der Waals surface area contributed by atoms with E-state index < -0.39 is 0 Å². The van der Waals surface area contributed by atoms with Crippen molar-refractivity contribution in [2.45, 2.75) is 45.6 Å². The van der Waals surface area contributed by atoms with Gasteiger partial charge in [0.05, 0.1) is 6.54 Å². The lowest BCUT2D eigenvalue weighted by Crippen LogP contribution is -2.26. The Labute approximate surface area is 80.8 Å². The molecular weight excluding hydrogens is 166 g/mol. The molecule has 0 aliphatic carbocycles. The van der Waals surface area contributed by atoms with E-state index in [1.165, 1.54) is 0 Å². The standard InChI is InChI=1S/C10H21NO2/c1-4-6-9(7-5-2)13-10(12)8-11-3/h9,11H,4-8H2,1-3H3. The SMILES string of the molecule is CCCC(CCC)OC(=O)CNC. The number of carbonyl (C=O) groups is 1. The smallest absolute Gasteiger partial charge is 0.320 e. The van der Waals surface area contributed by atoms with Crippen LogP contribution in [0.4, 0.5) is 0 Å². The van der Waals surface area contributed by atoms with Gasteiger partial charge in [-0.25, -0.2) is 0 Å². The quantitative estimate of drug-likeness (QED) is 0.617. The van der Waals surface area contributed by atoms with Gasteiger partial charge in [0.2, 0.25) is 0 Å². The number of hydrogen-bond donors (Lipinski definition) is 1. The van der Waals surface area contributed by atoms with Gasteiger partial charge < -0.3 is 10.1 Å². The second-order valence-corrected chi connectivity index (χ2v) is 3.22. The number of esters is 1. The summed E-state index contributed by atoms with van der Waals surface area (Å²) in [7, 11) is 1.75. The van der Waals surface area contributed by atoms with Crippen LogP contribution in [0.25, 0.3) is 0 Å². The summed E-state index contributed by atoms with van der Waals surface area (Å²) in [5.41, 5.74) is 0. The molecular formula is C10H21NO2. The topological polar surface area (TPSA) is 38.3 Å². The lowest BCUT2D eigenvalue weighted by molar-refractivity contribution is -0.148. The van der Waals surface area contributed by atoms with Crippen LogP contribution in [0.5, 0.6) is 0 Å². The predicted octanol–water partition coefficient (Wildman–Crippen LogP) is 1.72. The fourth-order valence-electron chi connectivity index (χ4n) is 1.28. The van der Waals surface area contributed by atoms with Gasteiger partial charge in [0, 0.05) is 0 Å². The fourth-order valence-corrected chi connectivity index (χ4v) is 1.28. The van der Waals surface area contributed by atoms with Crippen molar-refractivity contribution in [2.24, 2.45) is 0 Å². The van der Waals surface area contributed by atoms with Crippen molar-refractivity contribution in [1.29, 1.82) is 0 Å². The van der Waals surface area contributed by atoms with E-state index in [4.69, 9.17) is 4.74 Å². The van der Waals surface area contributed by atoms with E-state index in [1.807, 2.05) is 0 Å². The molecule has 0 heterocycles. The second-order valence-electron chi connectivity index (χ2n) is 3.22. The number of ether oxygens (including phenoxy) is 1. The molecule has 0 fully saturated rings. The van der Waals surface area contributed by atoms with Crippen molar-refractivity contribution in [2.75, 3.05) is 13.6 Å². The minimum atomic E-state index is -0.144. The molecule has 3 nitrogen and oxygen atoms in total. The van der Waals surface area contributed by atoms with Gasteiger partial charge in [-0.2, -0.15) is 0 Å². The molecule has 0 aromatic heterocycles. The van der Waals surface area contributed by atoms with E-state index in [0.29, 0.717) is 6.54 Å². The molecule has 0 radical (unpaired) electrons. The summed E-state index contributed by atoms with van der Waals surface area (Å²) in [4.78, 5) is 11.1. The molecule has 0 spiro atoms. The first kappa shape index (κ1) is 12.4. The molecule has 0 unspecified atom stereocenters. The summed E-state index contributed by atoms with van der Waals surface area (Å²) in [6.07, 6.45) is 4.21. The summed E-state index contributed by atoms with van der Waals surface area (Å²) in [6.45, 7) is 4.52. The van der Waals surface area contributed by atoms with E-state index in [1.54, 1.807) is 7.05 Å². The first-order chi connectivity index (χ1) is 6.24. The van der Waals surface area contributed by atoms with E-state index in [9.17, 15) is 4.79 Å².